The zero-order chi connectivity index (χ0) is 11.8. The van der Waals surface area contributed by atoms with Crippen LogP contribution in [0.25, 0.3) is 0 Å². The maximum absolute atomic E-state index is 4.52. The number of aryl methyl sites for hydroxylation is 2. The molecule has 17 heavy (non-hydrogen) atoms. The van der Waals surface area contributed by atoms with Crippen molar-refractivity contribution in [2.45, 2.75) is 19.9 Å². The van der Waals surface area contributed by atoms with Crippen molar-refractivity contribution in [3.63, 3.8) is 0 Å². The molecule has 0 aromatic carbocycles. The summed E-state index contributed by atoms with van der Waals surface area (Å²) in [5.41, 5.74) is 2.57. The Bertz CT molecular complexity index is 386. The Labute approximate surface area is 103 Å². The molecule has 2 aliphatic rings. The van der Waals surface area contributed by atoms with Gasteiger partial charge in [-0.05, 0) is 37.4 Å². The van der Waals surface area contributed by atoms with Crippen molar-refractivity contribution in [2.24, 2.45) is 18.9 Å². The minimum Gasteiger partial charge on any atom is -0.316 e. The standard InChI is InChI=1S/C13H22N4/c1-3-12-4-13(16(2)15-12)9-17-7-10-5-14-6-11(10)8-17/h4,10-11,14H,3,5-9H2,1-2H3. The minimum atomic E-state index is 0.883. The summed E-state index contributed by atoms with van der Waals surface area (Å²) in [5.74, 6) is 1.77. The summed E-state index contributed by atoms with van der Waals surface area (Å²) in [6.45, 7) is 8.17. The minimum absolute atomic E-state index is 0.883. The SMILES string of the molecule is CCc1cc(CN2CC3CNCC3C2)n(C)n1. The second kappa shape index (κ2) is 4.42. The van der Waals surface area contributed by atoms with Gasteiger partial charge in [-0.2, -0.15) is 5.10 Å². The fourth-order valence-electron chi connectivity index (χ4n) is 3.20. The van der Waals surface area contributed by atoms with Crippen molar-refractivity contribution in [3.05, 3.63) is 17.5 Å². The predicted molar refractivity (Wildman–Crippen MR) is 67.7 cm³/mol. The molecule has 0 saturated carbocycles. The molecule has 0 radical (unpaired) electrons. The largest absolute Gasteiger partial charge is 0.316 e. The number of nitrogens with zero attached hydrogens (tertiary/aromatic N) is 3. The average molecular weight is 234 g/mol. The van der Waals surface area contributed by atoms with E-state index in [1.165, 1.54) is 37.6 Å². The van der Waals surface area contributed by atoms with Crippen molar-refractivity contribution in [2.75, 3.05) is 26.2 Å². The third kappa shape index (κ3) is 2.11. The molecule has 4 heteroatoms. The lowest BCUT2D eigenvalue weighted by Crippen LogP contribution is -2.26. The van der Waals surface area contributed by atoms with Gasteiger partial charge in [-0.3, -0.25) is 9.58 Å². The van der Waals surface area contributed by atoms with Gasteiger partial charge in [0.2, 0.25) is 0 Å². The maximum Gasteiger partial charge on any atom is 0.0625 e. The summed E-state index contributed by atoms with van der Waals surface area (Å²) in [6.07, 6.45) is 1.03. The molecule has 1 aromatic heterocycles. The van der Waals surface area contributed by atoms with E-state index in [1.807, 2.05) is 4.68 Å². The summed E-state index contributed by atoms with van der Waals surface area (Å²) in [7, 11) is 2.06. The van der Waals surface area contributed by atoms with E-state index >= 15 is 0 Å². The van der Waals surface area contributed by atoms with Crippen LogP contribution >= 0.6 is 0 Å². The first-order chi connectivity index (χ1) is 8.26. The molecular formula is C13H22N4. The van der Waals surface area contributed by atoms with Crippen LogP contribution in [0.2, 0.25) is 0 Å². The van der Waals surface area contributed by atoms with Gasteiger partial charge in [0, 0.05) is 26.7 Å². The lowest BCUT2D eigenvalue weighted by atomic mass is 10.0. The molecule has 4 nitrogen and oxygen atoms in total. The van der Waals surface area contributed by atoms with Crippen molar-refractivity contribution >= 4 is 0 Å². The van der Waals surface area contributed by atoms with Crippen LogP contribution in [0, 0.1) is 11.8 Å². The van der Waals surface area contributed by atoms with Gasteiger partial charge < -0.3 is 5.32 Å². The Morgan fingerprint density at radius 3 is 2.65 bits per heavy atom. The second-order valence-electron chi connectivity index (χ2n) is 5.48. The number of hydrogen-bond donors (Lipinski definition) is 1. The van der Waals surface area contributed by atoms with Crippen molar-refractivity contribution in [3.8, 4) is 0 Å². The molecule has 1 aromatic rings. The Hall–Kier alpha value is -0.870. The lowest BCUT2D eigenvalue weighted by Gasteiger charge is -2.16. The monoisotopic (exact) mass is 234 g/mol. The highest BCUT2D eigenvalue weighted by Gasteiger charge is 2.36. The van der Waals surface area contributed by atoms with Gasteiger partial charge in [0.15, 0.2) is 0 Å². The second-order valence-corrected chi connectivity index (χ2v) is 5.48. The molecule has 0 aliphatic carbocycles. The number of nitrogens with one attached hydrogen (secondary N) is 1. The van der Waals surface area contributed by atoms with E-state index in [4.69, 9.17) is 0 Å². The van der Waals surface area contributed by atoms with Crippen LogP contribution in [0.15, 0.2) is 6.07 Å². The van der Waals surface area contributed by atoms with Crippen molar-refractivity contribution in [1.29, 1.82) is 0 Å². The zero-order valence-corrected chi connectivity index (χ0v) is 10.8. The van der Waals surface area contributed by atoms with E-state index in [9.17, 15) is 0 Å². The fourth-order valence-corrected chi connectivity index (χ4v) is 3.20. The number of likely N-dealkylation sites (tertiary alicyclic amines) is 1. The lowest BCUT2D eigenvalue weighted by molar-refractivity contribution is 0.297. The van der Waals surface area contributed by atoms with Gasteiger partial charge in [0.1, 0.15) is 0 Å². The molecule has 2 atom stereocenters. The Kier molecular flexibility index (Phi) is 2.92. The topological polar surface area (TPSA) is 33.1 Å². The molecule has 2 aliphatic heterocycles. The van der Waals surface area contributed by atoms with Crippen molar-refractivity contribution < 1.29 is 0 Å². The highest BCUT2D eigenvalue weighted by molar-refractivity contribution is 5.10. The number of aromatic nitrogens is 2. The Morgan fingerprint density at radius 1 is 1.35 bits per heavy atom. The van der Waals surface area contributed by atoms with E-state index < -0.39 is 0 Å². The normalized spacial score (nSPS) is 28.8. The van der Waals surface area contributed by atoms with Crippen LogP contribution in [0.1, 0.15) is 18.3 Å². The van der Waals surface area contributed by atoms with Gasteiger partial charge in [-0.1, -0.05) is 6.92 Å². The third-order valence-electron chi connectivity index (χ3n) is 4.24. The highest BCUT2D eigenvalue weighted by Crippen LogP contribution is 2.27. The number of hydrogen-bond acceptors (Lipinski definition) is 3. The molecule has 2 fully saturated rings. The molecule has 0 spiro atoms. The predicted octanol–water partition coefficient (Wildman–Crippen LogP) is 0.634. The summed E-state index contributed by atoms with van der Waals surface area (Å²) >= 11 is 0. The highest BCUT2D eigenvalue weighted by atomic mass is 15.3. The van der Waals surface area contributed by atoms with Crippen molar-refractivity contribution in [1.82, 2.24) is 20.0 Å². The van der Waals surface area contributed by atoms with E-state index in [0.29, 0.717) is 0 Å². The average Bonchev–Trinajstić information content (AvgIpc) is 2.94. The Morgan fingerprint density at radius 2 is 2.06 bits per heavy atom. The molecule has 0 amide bonds. The fraction of sp³-hybridized carbons (Fsp3) is 0.769. The molecule has 2 saturated heterocycles. The summed E-state index contributed by atoms with van der Waals surface area (Å²) in [5, 5.41) is 8.01. The zero-order valence-electron chi connectivity index (χ0n) is 10.8. The van der Waals surface area contributed by atoms with E-state index in [-0.39, 0.29) is 0 Å². The van der Waals surface area contributed by atoms with Crippen LogP contribution < -0.4 is 5.32 Å². The first kappa shape index (κ1) is 11.2. The molecule has 3 rings (SSSR count). The van der Waals surface area contributed by atoms with Gasteiger partial charge in [-0.15, -0.1) is 0 Å². The van der Waals surface area contributed by atoms with E-state index in [1.54, 1.807) is 0 Å². The van der Waals surface area contributed by atoms with Crippen LogP contribution in [0.3, 0.4) is 0 Å². The van der Waals surface area contributed by atoms with Gasteiger partial charge >= 0.3 is 0 Å². The van der Waals surface area contributed by atoms with Crippen LogP contribution in [0.5, 0.6) is 0 Å². The molecule has 94 valence electrons. The van der Waals surface area contributed by atoms with Crippen LogP contribution in [0.4, 0.5) is 0 Å². The summed E-state index contributed by atoms with van der Waals surface area (Å²) < 4.78 is 2.05. The first-order valence-electron chi connectivity index (χ1n) is 6.71. The summed E-state index contributed by atoms with van der Waals surface area (Å²) in [4.78, 5) is 2.59. The molecule has 3 heterocycles. The molecule has 2 unspecified atom stereocenters. The first-order valence-corrected chi connectivity index (χ1v) is 6.71. The quantitative estimate of drug-likeness (QED) is 0.833. The van der Waals surface area contributed by atoms with Gasteiger partial charge in [-0.25, -0.2) is 0 Å². The Balaban J connectivity index is 1.65. The summed E-state index contributed by atoms with van der Waals surface area (Å²) in [6, 6.07) is 2.26. The van der Waals surface area contributed by atoms with Crippen LogP contribution in [-0.2, 0) is 20.0 Å². The van der Waals surface area contributed by atoms with Gasteiger partial charge in [0.25, 0.3) is 0 Å². The maximum atomic E-state index is 4.52. The number of rotatable bonds is 3. The van der Waals surface area contributed by atoms with E-state index in [2.05, 4.69) is 35.4 Å². The molecular weight excluding hydrogens is 212 g/mol. The molecule has 1 N–H and O–H groups in total. The van der Waals surface area contributed by atoms with Crippen LogP contribution in [-0.4, -0.2) is 40.9 Å². The number of fused-ring (bicyclic) bond motifs is 1. The van der Waals surface area contributed by atoms with E-state index in [0.717, 1.165) is 24.8 Å². The van der Waals surface area contributed by atoms with Gasteiger partial charge in [0.05, 0.1) is 11.4 Å². The third-order valence-corrected chi connectivity index (χ3v) is 4.24. The molecule has 0 bridgehead atoms. The smallest absolute Gasteiger partial charge is 0.0625 e.